The molecule has 4 heterocycles. The van der Waals surface area contributed by atoms with Crippen molar-refractivity contribution in [1.29, 1.82) is 0 Å². The fourth-order valence-electron chi connectivity index (χ4n) is 3.82. The first-order chi connectivity index (χ1) is 15.5. The summed E-state index contributed by atoms with van der Waals surface area (Å²) in [5.41, 5.74) is -1.17. The van der Waals surface area contributed by atoms with Crippen LogP contribution in [0.5, 0.6) is 0 Å². The number of amides is 2. The Morgan fingerprint density at radius 1 is 1.36 bits per heavy atom. The van der Waals surface area contributed by atoms with Gasteiger partial charge < -0.3 is 24.7 Å². The number of rotatable bonds is 3. The van der Waals surface area contributed by atoms with E-state index in [2.05, 4.69) is 20.3 Å². The van der Waals surface area contributed by atoms with E-state index in [0.717, 1.165) is 16.5 Å². The van der Waals surface area contributed by atoms with Gasteiger partial charge in [-0.05, 0) is 18.6 Å². The number of piperidine rings is 1. The zero-order valence-corrected chi connectivity index (χ0v) is 17.7. The van der Waals surface area contributed by atoms with Crippen molar-refractivity contribution in [3.05, 3.63) is 46.6 Å². The molecular weight excluding hydrogens is 446 g/mol. The van der Waals surface area contributed by atoms with Crippen LogP contribution in [-0.4, -0.2) is 62.8 Å². The lowest BCUT2D eigenvalue weighted by Crippen LogP contribution is -2.54. The number of aromatic nitrogens is 4. The SMILES string of the molecule is CN(C(=O)Nc1cc(C(F)(F)F)cn(C)c1=O)[C@H]1CCN(c2cnc3[nH]ccc3n2)C[C@@H]1F. The van der Waals surface area contributed by atoms with E-state index in [1.54, 1.807) is 17.2 Å². The van der Waals surface area contributed by atoms with Crippen molar-refractivity contribution in [3.8, 4) is 0 Å². The smallest absolute Gasteiger partial charge is 0.352 e. The minimum Gasteiger partial charge on any atom is -0.352 e. The average molecular weight is 467 g/mol. The number of halogens is 4. The highest BCUT2D eigenvalue weighted by atomic mass is 19.4. The molecule has 1 aliphatic heterocycles. The molecule has 176 valence electrons. The minimum absolute atomic E-state index is 0.0434. The number of carbonyl (C=O) groups is 1. The number of nitrogens with zero attached hydrogens (tertiary/aromatic N) is 5. The largest absolute Gasteiger partial charge is 0.417 e. The molecule has 2 N–H and O–H groups in total. The number of aryl methyl sites for hydroxylation is 1. The molecule has 4 rings (SSSR count). The molecule has 0 unspecified atom stereocenters. The third kappa shape index (κ3) is 4.47. The van der Waals surface area contributed by atoms with Crippen molar-refractivity contribution in [2.24, 2.45) is 7.05 Å². The molecule has 33 heavy (non-hydrogen) atoms. The van der Waals surface area contributed by atoms with E-state index in [-0.39, 0.29) is 13.0 Å². The average Bonchev–Trinajstić information content (AvgIpc) is 3.23. The van der Waals surface area contributed by atoms with E-state index in [0.29, 0.717) is 35.8 Å². The molecule has 13 heteroatoms. The lowest BCUT2D eigenvalue weighted by molar-refractivity contribution is -0.138. The van der Waals surface area contributed by atoms with Gasteiger partial charge in [0.05, 0.1) is 24.3 Å². The molecule has 2 atom stereocenters. The first-order valence-corrected chi connectivity index (χ1v) is 10.1. The van der Waals surface area contributed by atoms with Crippen LogP contribution in [0.15, 0.2) is 35.5 Å². The number of hydrogen-bond acceptors (Lipinski definition) is 5. The monoisotopic (exact) mass is 467 g/mol. The van der Waals surface area contributed by atoms with Gasteiger partial charge in [0.1, 0.15) is 23.2 Å². The van der Waals surface area contributed by atoms with Crippen LogP contribution in [-0.2, 0) is 13.2 Å². The number of nitrogens with one attached hydrogen (secondary N) is 2. The van der Waals surface area contributed by atoms with Gasteiger partial charge in [0, 0.05) is 33.0 Å². The summed E-state index contributed by atoms with van der Waals surface area (Å²) in [7, 11) is 2.49. The molecule has 3 aromatic heterocycles. The quantitative estimate of drug-likeness (QED) is 0.578. The van der Waals surface area contributed by atoms with Crippen LogP contribution in [0.25, 0.3) is 11.2 Å². The van der Waals surface area contributed by atoms with Crippen LogP contribution in [0.2, 0.25) is 0 Å². The lowest BCUT2D eigenvalue weighted by Gasteiger charge is -2.39. The maximum absolute atomic E-state index is 15.0. The maximum atomic E-state index is 15.0. The van der Waals surface area contributed by atoms with Gasteiger partial charge in [0.25, 0.3) is 5.56 Å². The second-order valence-corrected chi connectivity index (χ2v) is 7.86. The fourth-order valence-corrected chi connectivity index (χ4v) is 3.82. The number of alkyl halides is 4. The number of aromatic amines is 1. The molecule has 1 aliphatic rings. The second-order valence-electron chi connectivity index (χ2n) is 7.86. The molecule has 0 aromatic carbocycles. The van der Waals surface area contributed by atoms with Crippen LogP contribution >= 0.6 is 0 Å². The zero-order valence-electron chi connectivity index (χ0n) is 17.7. The van der Waals surface area contributed by atoms with Crippen LogP contribution in [0, 0.1) is 0 Å². The molecule has 9 nitrogen and oxygen atoms in total. The molecule has 3 aromatic rings. The number of carbonyl (C=O) groups excluding carboxylic acids is 1. The number of anilines is 2. The van der Waals surface area contributed by atoms with Crippen molar-refractivity contribution < 1.29 is 22.4 Å². The Hall–Kier alpha value is -3.64. The number of urea groups is 1. The predicted octanol–water partition coefficient (Wildman–Crippen LogP) is 2.76. The highest BCUT2D eigenvalue weighted by molar-refractivity contribution is 5.89. The summed E-state index contributed by atoms with van der Waals surface area (Å²) in [4.78, 5) is 39.2. The van der Waals surface area contributed by atoms with Gasteiger partial charge in [0.2, 0.25) is 0 Å². The minimum atomic E-state index is -4.69. The van der Waals surface area contributed by atoms with Crippen molar-refractivity contribution >= 4 is 28.7 Å². The van der Waals surface area contributed by atoms with Crippen molar-refractivity contribution in [3.63, 3.8) is 0 Å². The summed E-state index contributed by atoms with van der Waals surface area (Å²) in [5, 5.41) is 2.19. The topological polar surface area (TPSA) is 99.1 Å². The van der Waals surface area contributed by atoms with Crippen LogP contribution in [0.1, 0.15) is 12.0 Å². The van der Waals surface area contributed by atoms with Crippen molar-refractivity contribution in [2.45, 2.75) is 24.8 Å². The Bertz CT molecular complexity index is 1240. The zero-order chi connectivity index (χ0) is 23.9. The van der Waals surface area contributed by atoms with Gasteiger partial charge in [-0.1, -0.05) is 0 Å². The van der Waals surface area contributed by atoms with Gasteiger partial charge in [0.15, 0.2) is 5.65 Å². The number of fused-ring (bicyclic) bond motifs is 1. The molecule has 1 saturated heterocycles. The van der Waals surface area contributed by atoms with Gasteiger partial charge in [-0.25, -0.2) is 19.2 Å². The number of pyridine rings is 1. The van der Waals surface area contributed by atoms with E-state index < -0.39 is 41.2 Å². The van der Waals surface area contributed by atoms with Gasteiger partial charge >= 0.3 is 12.2 Å². The third-order valence-electron chi connectivity index (χ3n) is 5.65. The maximum Gasteiger partial charge on any atom is 0.417 e. The molecule has 1 fully saturated rings. The summed E-state index contributed by atoms with van der Waals surface area (Å²) in [6.45, 7) is 0.344. The normalized spacial score (nSPS) is 19.0. The first kappa shape index (κ1) is 22.6. The Labute approximate surface area is 185 Å². The number of hydrogen-bond donors (Lipinski definition) is 2. The summed E-state index contributed by atoms with van der Waals surface area (Å²) in [6.07, 6.45) is -2.03. The molecular formula is C20H21F4N7O2. The van der Waals surface area contributed by atoms with E-state index in [9.17, 15) is 22.8 Å². The first-order valence-electron chi connectivity index (χ1n) is 10.1. The summed E-state index contributed by atoms with van der Waals surface area (Å²) in [6, 6.07) is 0.613. The van der Waals surface area contributed by atoms with Gasteiger partial charge in [-0.15, -0.1) is 0 Å². The van der Waals surface area contributed by atoms with Crippen molar-refractivity contribution in [1.82, 2.24) is 24.4 Å². The summed E-state index contributed by atoms with van der Waals surface area (Å²) < 4.78 is 54.9. The molecule has 2 amide bonds. The molecule has 0 spiro atoms. The van der Waals surface area contributed by atoms with E-state index in [4.69, 9.17) is 0 Å². The number of H-pyrrole nitrogens is 1. The van der Waals surface area contributed by atoms with E-state index in [1.807, 2.05) is 0 Å². The Balaban J connectivity index is 1.45. The van der Waals surface area contributed by atoms with Crippen LogP contribution < -0.4 is 15.8 Å². The summed E-state index contributed by atoms with van der Waals surface area (Å²) >= 11 is 0. The van der Waals surface area contributed by atoms with E-state index in [1.165, 1.54) is 13.2 Å². The fraction of sp³-hybridized carbons (Fsp3) is 0.400. The highest BCUT2D eigenvalue weighted by Crippen LogP contribution is 2.30. The summed E-state index contributed by atoms with van der Waals surface area (Å²) in [5.74, 6) is 0.503. The molecule has 0 saturated carbocycles. The second kappa shape index (κ2) is 8.37. The predicted molar refractivity (Wildman–Crippen MR) is 113 cm³/mol. The standard InChI is InChI=1S/C20H21F4N7O2/c1-29-9-11(20(22,23)24)7-14(18(29)32)28-19(33)30(2)15-4-6-31(10-12(15)21)16-8-26-17-13(27-16)3-5-25-17/h3,5,7-9,12,15H,4,6,10H2,1-2H3,(H,25,26)(H,28,33)/t12-,15-/m0/s1. The third-order valence-corrected chi connectivity index (χ3v) is 5.65. The lowest BCUT2D eigenvalue weighted by atomic mass is 10.0. The molecule has 0 aliphatic carbocycles. The Kier molecular flexibility index (Phi) is 5.72. The van der Waals surface area contributed by atoms with E-state index >= 15 is 4.39 Å². The van der Waals surface area contributed by atoms with Crippen LogP contribution in [0.4, 0.5) is 33.9 Å². The van der Waals surface area contributed by atoms with Crippen LogP contribution in [0.3, 0.4) is 0 Å². The highest BCUT2D eigenvalue weighted by Gasteiger charge is 2.36. The van der Waals surface area contributed by atoms with Gasteiger partial charge in [-0.2, -0.15) is 13.2 Å². The Morgan fingerprint density at radius 3 is 2.82 bits per heavy atom. The molecule has 0 radical (unpaired) electrons. The van der Waals surface area contributed by atoms with Gasteiger partial charge in [-0.3, -0.25) is 4.79 Å². The molecule has 0 bridgehead atoms. The Morgan fingerprint density at radius 2 is 2.12 bits per heavy atom. The van der Waals surface area contributed by atoms with Crippen molar-refractivity contribution in [2.75, 3.05) is 30.4 Å².